The van der Waals surface area contributed by atoms with E-state index in [-0.39, 0.29) is 11.8 Å². The Kier molecular flexibility index (Phi) is 6.62. The van der Waals surface area contributed by atoms with Crippen molar-refractivity contribution in [2.75, 3.05) is 7.11 Å². The van der Waals surface area contributed by atoms with E-state index < -0.39 is 6.04 Å². The molecule has 2 aliphatic carbocycles. The lowest BCUT2D eigenvalue weighted by Gasteiger charge is -2.26. The summed E-state index contributed by atoms with van der Waals surface area (Å²) in [5.74, 6) is 1.46. The maximum absolute atomic E-state index is 12.8. The average Bonchev–Trinajstić information content (AvgIpc) is 3.61. The van der Waals surface area contributed by atoms with Gasteiger partial charge in [-0.25, -0.2) is 4.98 Å². The lowest BCUT2D eigenvalue weighted by Crippen LogP contribution is -2.49. The highest BCUT2D eigenvalue weighted by atomic mass is 16.5. The SMILES string of the molecule is COc1ncccc1CN/C=C(\C=N)NC(=O)C(NC=O)C(C1CC1)C1CC1. The molecule has 4 N–H and O–H groups in total. The molecular weight excluding hydrogens is 358 g/mol. The molecule has 3 rings (SSSR count). The fourth-order valence-corrected chi connectivity index (χ4v) is 3.67. The van der Waals surface area contributed by atoms with Crippen molar-refractivity contribution in [2.24, 2.45) is 17.8 Å². The topological polar surface area (TPSA) is 116 Å². The van der Waals surface area contributed by atoms with Gasteiger partial charge in [0.05, 0.1) is 12.8 Å². The summed E-state index contributed by atoms with van der Waals surface area (Å²) in [6, 6.07) is 3.14. The van der Waals surface area contributed by atoms with Crippen molar-refractivity contribution in [1.82, 2.24) is 20.9 Å². The molecule has 0 radical (unpaired) electrons. The molecule has 8 nitrogen and oxygen atoms in total. The first-order valence-electron chi connectivity index (χ1n) is 9.60. The van der Waals surface area contributed by atoms with Crippen LogP contribution in [0.3, 0.4) is 0 Å². The van der Waals surface area contributed by atoms with Crippen LogP contribution < -0.4 is 20.7 Å². The van der Waals surface area contributed by atoms with Gasteiger partial charge in [0.25, 0.3) is 0 Å². The Bertz CT molecular complexity index is 731. The Morgan fingerprint density at radius 3 is 2.64 bits per heavy atom. The molecule has 2 fully saturated rings. The molecule has 0 spiro atoms. The zero-order valence-corrected chi connectivity index (χ0v) is 16.0. The van der Waals surface area contributed by atoms with Gasteiger partial charge in [0.15, 0.2) is 0 Å². The Balaban J connectivity index is 1.61. The number of hydrogen-bond acceptors (Lipinski definition) is 6. The van der Waals surface area contributed by atoms with Crippen molar-refractivity contribution in [3.05, 3.63) is 35.8 Å². The van der Waals surface area contributed by atoms with Crippen molar-refractivity contribution in [3.8, 4) is 5.88 Å². The molecule has 1 atom stereocenters. The summed E-state index contributed by atoms with van der Waals surface area (Å²) < 4.78 is 5.21. The number of ether oxygens (including phenoxy) is 1. The van der Waals surface area contributed by atoms with Crippen molar-refractivity contribution >= 4 is 18.5 Å². The van der Waals surface area contributed by atoms with E-state index in [0.717, 1.165) is 37.5 Å². The van der Waals surface area contributed by atoms with Crippen LogP contribution >= 0.6 is 0 Å². The number of pyridine rings is 1. The summed E-state index contributed by atoms with van der Waals surface area (Å²) in [7, 11) is 1.56. The minimum Gasteiger partial charge on any atom is -0.481 e. The van der Waals surface area contributed by atoms with E-state index in [1.54, 1.807) is 19.5 Å². The molecule has 2 saturated carbocycles. The number of nitrogens with one attached hydrogen (secondary N) is 4. The van der Waals surface area contributed by atoms with Gasteiger partial charge < -0.3 is 26.1 Å². The highest BCUT2D eigenvalue weighted by Crippen LogP contribution is 2.50. The molecule has 28 heavy (non-hydrogen) atoms. The summed E-state index contributed by atoms with van der Waals surface area (Å²) in [6.45, 7) is 0.438. The van der Waals surface area contributed by atoms with E-state index in [0.29, 0.717) is 36.4 Å². The fraction of sp³-hybridized carbons (Fsp3) is 0.500. The van der Waals surface area contributed by atoms with Gasteiger partial charge in [0.2, 0.25) is 18.2 Å². The molecule has 8 heteroatoms. The average molecular weight is 385 g/mol. The number of methoxy groups -OCH3 is 1. The number of nitrogens with zero attached hydrogens (tertiary/aromatic N) is 1. The summed E-state index contributed by atoms with van der Waals surface area (Å²) >= 11 is 0. The molecule has 0 aromatic carbocycles. The first kappa shape index (κ1) is 19.9. The molecule has 1 heterocycles. The zero-order chi connectivity index (χ0) is 19.9. The van der Waals surface area contributed by atoms with Crippen LogP contribution in [0, 0.1) is 23.2 Å². The van der Waals surface area contributed by atoms with E-state index >= 15 is 0 Å². The number of aromatic nitrogens is 1. The highest BCUT2D eigenvalue weighted by molar-refractivity contribution is 5.91. The fourth-order valence-electron chi connectivity index (χ4n) is 3.67. The van der Waals surface area contributed by atoms with Crippen LogP contribution in [0.1, 0.15) is 31.2 Å². The molecule has 2 amide bonds. The predicted molar refractivity (Wildman–Crippen MR) is 105 cm³/mol. The van der Waals surface area contributed by atoms with E-state index in [9.17, 15) is 9.59 Å². The van der Waals surface area contributed by atoms with Crippen molar-refractivity contribution in [1.29, 1.82) is 5.41 Å². The van der Waals surface area contributed by atoms with Crippen LogP contribution in [0.15, 0.2) is 30.2 Å². The van der Waals surface area contributed by atoms with Crippen LogP contribution in [-0.2, 0) is 16.1 Å². The lowest BCUT2D eigenvalue weighted by molar-refractivity contribution is -0.126. The third-order valence-electron chi connectivity index (χ3n) is 5.26. The number of carbonyl (C=O) groups is 2. The minimum absolute atomic E-state index is 0.185. The molecule has 1 aromatic rings. The Morgan fingerprint density at radius 1 is 1.36 bits per heavy atom. The number of amides is 2. The quantitative estimate of drug-likeness (QED) is 0.320. The summed E-state index contributed by atoms with van der Waals surface area (Å²) in [6.07, 6.45) is 9.37. The Hall–Kier alpha value is -2.90. The van der Waals surface area contributed by atoms with Crippen LogP contribution in [0.2, 0.25) is 0 Å². The Labute approximate surface area is 164 Å². The number of carbonyl (C=O) groups excluding carboxylic acids is 2. The third kappa shape index (κ3) is 5.09. The van der Waals surface area contributed by atoms with Gasteiger partial charge >= 0.3 is 0 Å². The van der Waals surface area contributed by atoms with Crippen LogP contribution in [0.5, 0.6) is 5.88 Å². The summed E-state index contributed by atoms with van der Waals surface area (Å²) in [5, 5.41) is 16.1. The molecule has 2 aliphatic rings. The lowest BCUT2D eigenvalue weighted by atomic mass is 9.89. The van der Waals surface area contributed by atoms with Gasteiger partial charge in [-0.2, -0.15) is 0 Å². The maximum atomic E-state index is 12.8. The third-order valence-corrected chi connectivity index (χ3v) is 5.26. The van der Waals surface area contributed by atoms with Gasteiger partial charge in [-0.05, 0) is 49.5 Å². The van der Waals surface area contributed by atoms with E-state index in [1.807, 2.05) is 12.1 Å². The first-order chi connectivity index (χ1) is 13.7. The standard InChI is InChI=1S/C20H27N5O3/c1-28-20-15(3-2-8-23-20)10-22-11-16(9-21)25-19(27)18(24-12-26)17(13-4-5-13)14-6-7-14/h2-3,8-9,11-14,17-18,21-22H,4-7,10H2,1H3,(H,24,26)(H,25,27)/b16-11+,21-9?. The molecule has 0 bridgehead atoms. The van der Waals surface area contributed by atoms with Crippen molar-refractivity contribution in [3.63, 3.8) is 0 Å². The maximum Gasteiger partial charge on any atom is 0.247 e. The van der Waals surface area contributed by atoms with Crippen LogP contribution in [0.4, 0.5) is 0 Å². The number of allylic oxidation sites excluding steroid dienone is 1. The van der Waals surface area contributed by atoms with Gasteiger partial charge in [0, 0.05) is 30.7 Å². The number of rotatable bonds is 12. The normalized spacial score (nSPS) is 17.6. The van der Waals surface area contributed by atoms with Crippen molar-refractivity contribution in [2.45, 2.75) is 38.3 Å². The monoisotopic (exact) mass is 385 g/mol. The molecular formula is C20H27N5O3. The highest BCUT2D eigenvalue weighted by Gasteiger charge is 2.47. The van der Waals surface area contributed by atoms with Crippen LogP contribution in [-0.4, -0.2) is 36.7 Å². The minimum atomic E-state index is -0.556. The zero-order valence-electron chi connectivity index (χ0n) is 16.0. The summed E-state index contributed by atoms with van der Waals surface area (Å²) in [4.78, 5) is 28.0. The number of hydrogen-bond donors (Lipinski definition) is 4. The smallest absolute Gasteiger partial charge is 0.247 e. The molecule has 1 aromatic heterocycles. The second-order valence-corrected chi connectivity index (χ2v) is 7.30. The second kappa shape index (κ2) is 9.34. The molecule has 0 aliphatic heterocycles. The van der Waals surface area contributed by atoms with E-state index in [1.165, 1.54) is 0 Å². The van der Waals surface area contributed by atoms with E-state index in [4.69, 9.17) is 10.1 Å². The molecule has 1 unspecified atom stereocenters. The van der Waals surface area contributed by atoms with Gasteiger partial charge in [-0.15, -0.1) is 0 Å². The largest absolute Gasteiger partial charge is 0.481 e. The van der Waals surface area contributed by atoms with Gasteiger partial charge in [-0.1, -0.05) is 6.07 Å². The van der Waals surface area contributed by atoms with Crippen LogP contribution in [0.25, 0.3) is 0 Å². The van der Waals surface area contributed by atoms with E-state index in [2.05, 4.69) is 20.9 Å². The molecule has 0 saturated heterocycles. The Morgan fingerprint density at radius 2 is 2.07 bits per heavy atom. The molecule has 150 valence electrons. The first-order valence-corrected chi connectivity index (χ1v) is 9.60. The predicted octanol–water partition coefficient (Wildman–Crippen LogP) is 1.34. The van der Waals surface area contributed by atoms with Gasteiger partial charge in [0.1, 0.15) is 6.04 Å². The second-order valence-electron chi connectivity index (χ2n) is 7.30. The van der Waals surface area contributed by atoms with Gasteiger partial charge in [-0.3, -0.25) is 9.59 Å². The van der Waals surface area contributed by atoms with Crippen molar-refractivity contribution < 1.29 is 14.3 Å². The summed E-state index contributed by atoms with van der Waals surface area (Å²) in [5.41, 5.74) is 1.19.